The number of nitrogens with one attached hydrogen (secondary N) is 2. The van der Waals surface area contributed by atoms with E-state index in [0.717, 1.165) is 52.5 Å². The summed E-state index contributed by atoms with van der Waals surface area (Å²) in [5, 5.41) is 10.4. The molecule has 1 aliphatic heterocycles. The van der Waals surface area contributed by atoms with Crippen molar-refractivity contribution in [3.63, 3.8) is 0 Å². The second-order valence-corrected chi connectivity index (χ2v) is 13.3. The molecule has 0 bridgehead atoms. The van der Waals surface area contributed by atoms with E-state index in [4.69, 9.17) is 21.2 Å². The molecule has 7 nitrogen and oxygen atoms in total. The van der Waals surface area contributed by atoms with E-state index >= 15 is 0 Å². The zero-order chi connectivity index (χ0) is 27.7. The molecule has 1 aliphatic rings. The van der Waals surface area contributed by atoms with Gasteiger partial charge >= 0.3 is 0 Å². The molecular formula is C28H26BrN5O2S3. The average molecular weight is 641 g/mol. The molecule has 0 saturated carbocycles. The number of anilines is 3. The fourth-order valence-electron chi connectivity index (χ4n) is 4.19. The number of thiophene rings is 1. The molecule has 0 radical (unpaired) electrons. The van der Waals surface area contributed by atoms with Crippen molar-refractivity contribution < 1.29 is 9.53 Å². The molecule has 4 aromatic rings. The maximum absolute atomic E-state index is 12.6. The van der Waals surface area contributed by atoms with Gasteiger partial charge < -0.3 is 26.8 Å². The number of nitrogens with two attached hydrogens (primary N) is 2. The van der Waals surface area contributed by atoms with E-state index in [1.807, 2.05) is 54.8 Å². The number of thioether (sulfide) groups is 1. The Morgan fingerprint density at radius 2 is 1.92 bits per heavy atom. The van der Waals surface area contributed by atoms with E-state index in [2.05, 4.69) is 33.5 Å². The lowest BCUT2D eigenvalue weighted by Crippen LogP contribution is -2.11. The number of carbonyl (C=O) groups is 1. The van der Waals surface area contributed by atoms with E-state index < -0.39 is 0 Å². The van der Waals surface area contributed by atoms with Gasteiger partial charge in [0, 0.05) is 34.4 Å². The molecule has 0 spiro atoms. The molecule has 0 unspecified atom stereocenters. The number of nitrogens with zero attached hydrogens (tertiary/aromatic N) is 1. The van der Waals surface area contributed by atoms with E-state index in [1.165, 1.54) is 11.3 Å². The molecule has 200 valence electrons. The van der Waals surface area contributed by atoms with Crippen molar-refractivity contribution in [1.29, 1.82) is 0 Å². The van der Waals surface area contributed by atoms with Gasteiger partial charge in [-0.05, 0) is 77.3 Å². The summed E-state index contributed by atoms with van der Waals surface area (Å²) in [5.41, 5.74) is 19.5. The topological polar surface area (TPSA) is 115 Å². The number of ether oxygens (including phenoxy) is 1. The van der Waals surface area contributed by atoms with E-state index in [-0.39, 0.29) is 5.91 Å². The number of amides is 1. The van der Waals surface area contributed by atoms with Gasteiger partial charge in [0.25, 0.3) is 5.91 Å². The zero-order valence-corrected chi connectivity index (χ0v) is 25.5. The first-order valence-corrected chi connectivity index (χ1v) is 15.2. The lowest BCUT2D eigenvalue weighted by atomic mass is 10.1. The van der Waals surface area contributed by atoms with Crippen LogP contribution in [0.1, 0.15) is 33.6 Å². The van der Waals surface area contributed by atoms with Crippen LogP contribution in [-0.4, -0.2) is 18.0 Å². The number of aromatic nitrogens is 1. The first kappa shape index (κ1) is 27.3. The van der Waals surface area contributed by atoms with Gasteiger partial charge in [-0.1, -0.05) is 23.9 Å². The van der Waals surface area contributed by atoms with E-state index in [9.17, 15) is 4.79 Å². The van der Waals surface area contributed by atoms with Crippen molar-refractivity contribution in [3.05, 3.63) is 89.4 Å². The number of carbonyl (C=O) groups excluding carboxylic acids is 1. The summed E-state index contributed by atoms with van der Waals surface area (Å²) in [6.45, 7) is 4.04. The van der Waals surface area contributed by atoms with Crippen LogP contribution in [0.4, 0.5) is 17.1 Å². The van der Waals surface area contributed by atoms with Crippen molar-refractivity contribution in [2.45, 2.75) is 20.3 Å². The quantitative estimate of drug-likeness (QED) is 0.152. The summed E-state index contributed by atoms with van der Waals surface area (Å²) in [7, 11) is 1.62. The van der Waals surface area contributed by atoms with Crippen molar-refractivity contribution in [2.75, 3.05) is 23.5 Å². The normalized spacial score (nSPS) is 13.5. The summed E-state index contributed by atoms with van der Waals surface area (Å²) in [5.74, 6) is 0.542. The minimum atomic E-state index is -0.144. The number of hydrogen-bond donors (Lipinski definition) is 4. The Bertz CT molecular complexity index is 1620. The molecule has 0 saturated heterocycles. The third-order valence-corrected chi connectivity index (χ3v) is 9.94. The monoisotopic (exact) mass is 639 g/mol. The lowest BCUT2D eigenvalue weighted by molar-refractivity contribution is 0.103. The van der Waals surface area contributed by atoms with Crippen LogP contribution in [0.2, 0.25) is 0 Å². The van der Waals surface area contributed by atoms with Gasteiger partial charge in [-0.25, -0.2) is 4.98 Å². The lowest BCUT2D eigenvalue weighted by Gasteiger charge is -2.22. The predicted molar refractivity (Wildman–Crippen MR) is 169 cm³/mol. The maximum atomic E-state index is 12.6. The Balaban J connectivity index is 1.33. The first-order valence-electron chi connectivity index (χ1n) is 11.9. The number of methoxy groups -OCH3 is 1. The molecule has 1 amide bonds. The highest BCUT2D eigenvalue weighted by molar-refractivity contribution is 9.11. The van der Waals surface area contributed by atoms with Crippen LogP contribution in [0.3, 0.4) is 0 Å². The number of hydrogen-bond acceptors (Lipinski definition) is 9. The van der Waals surface area contributed by atoms with Crippen molar-refractivity contribution in [3.8, 4) is 17.0 Å². The minimum Gasteiger partial charge on any atom is -0.494 e. The Morgan fingerprint density at radius 1 is 1.10 bits per heavy atom. The van der Waals surface area contributed by atoms with Crippen molar-refractivity contribution in [2.24, 2.45) is 5.73 Å². The number of nitrogen functional groups attached to an aromatic ring is 1. The maximum Gasteiger partial charge on any atom is 0.265 e. The molecule has 0 fully saturated rings. The van der Waals surface area contributed by atoms with E-state index in [1.54, 1.807) is 36.3 Å². The van der Waals surface area contributed by atoms with Crippen molar-refractivity contribution >= 4 is 78.2 Å². The van der Waals surface area contributed by atoms with Gasteiger partial charge in [0.05, 0.1) is 37.1 Å². The SMILES string of the molecule is COc1c(C)cc(NC2=C(C)CC(N)=C(c3nc(-c4cccc(NC(=O)c5ccc(Br)s5)c4)cs3)S2)cc1N. The standard InChI is InChI=1S/C28H26BrN5O2S3/c1-14-9-18(12-19(30)24(14)36-3)33-27-15(2)10-20(31)25(39-27)28-34-21(13-37-28)16-5-4-6-17(11-16)32-26(35)22-7-8-23(29)38-22/h4-9,11-13,33H,10,30-31H2,1-3H3,(H,32,35). The number of rotatable bonds is 7. The highest BCUT2D eigenvalue weighted by Crippen LogP contribution is 2.45. The molecule has 6 N–H and O–H groups in total. The number of thiazole rings is 1. The summed E-state index contributed by atoms with van der Waals surface area (Å²) in [6.07, 6.45) is 0.643. The molecule has 11 heteroatoms. The van der Waals surface area contributed by atoms with Gasteiger partial charge in [0.2, 0.25) is 0 Å². The molecule has 2 aromatic carbocycles. The number of halogens is 1. The molecular weight excluding hydrogens is 614 g/mol. The smallest absolute Gasteiger partial charge is 0.265 e. The van der Waals surface area contributed by atoms with Gasteiger partial charge in [-0.2, -0.15) is 0 Å². The van der Waals surface area contributed by atoms with E-state index in [0.29, 0.717) is 28.4 Å². The Kier molecular flexibility index (Phi) is 8.03. The largest absolute Gasteiger partial charge is 0.494 e. The van der Waals surface area contributed by atoms with Crippen LogP contribution in [0, 0.1) is 6.92 Å². The van der Waals surface area contributed by atoms with Crippen molar-refractivity contribution in [1.82, 2.24) is 4.98 Å². The zero-order valence-electron chi connectivity index (χ0n) is 21.4. The second-order valence-electron chi connectivity index (χ2n) is 8.96. The Hall–Kier alpha value is -3.25. The fraction of sp³-hybridized carbons (Fsp3) is 0.143. The van der Waals surface area contributed by atoms with Crippen LogP contribution < -0.4 is 26.8 Å². The van der Waals surface area contributed by atoms with Gasteiger partial charge in [-0.15, -0.1) is 22.7 Å². The third-order valence-electron chi connectivity index (χ3n) is 6.02. The summed E-state index contributed by atoms with van der Waals surface area (Å²) in [6, 6.07) is 15.2. The van der Waals surface area contributed by atoms with Crippen LogP contribution >= 0.6 is 50.4 Å². The predicted octanol–water partition coefficient (Wildman–Crippen LogP) is 7.89. The summed E-state index contributed by atoms with van der Waals surface area (Å²) in [4.78, 5) is 19.1. The Labute approximate surface area is 247 Å². The van der Waals surface area contributed by atoms with Crippen LogP contribution in [0.5, 0.6) is 5.75 Å². The van der Waals surface area contributed by atoms with Crippen LogP contribution in [0.25, 0.3) is 16.2 Å². The van der Waals surface area contributed by atoms with Crippen LogP contribution in [0.15, 0.2) is 74.0 Å². The first-order chi connectivity index (χ1) is 18.7. The molecule has 0 atom stereocenters. The second kappa shape index (κ2) is 11.5. The summed E-state index contributed by atoms with van der Waals surface area (Å²) < 4.78 is 6.31. The number of benzene rings is 2. The molecule has 3 heterocycles. The average Bonchev–Trinajstić information content (AvgIpc) is 3.55. The summed E-state index contributed by atoms with van der Waals surface area (Å²) >= 11 is 7.92. The third kappa shape index (κ3) is 6.01. The minimum absolute atomic E-state index is 0.144. The molecule has 0 aliphatic carbocycles. The molecule has 5 rings (SSSR count). The highest BCUT2D eigenvalue weighted by atomic mass is 79.9. The van der Waals surface area contributed by atoms with Gasteiger partial charge in [0.15, 0.2) is 0 Å². The molecule has 2 aromatic heterocycles. The fourth-order valence-corrected chi connectivity index (χ4v) is 7.50. The van der Waals surface area contributed by atoms with Crippen LogP contribution in [-0.2, 0) is 0 Å². The number of aryl methyl sites for hydroxylation is 1. The van der Waals surface area contributed by atoms with Gasteiger partial charge in [-0.3, -0.25) is 4.79 Å². The van der Waals surface area contributed by atoms with Gasteiger partial charge in [0.1, 0.15) is 10.8 Å². The highest BCUT2D eigenvalue weighted by Gasteiger charge is 2.22. The Morgan fingerprint density at radius 3 is 2.64 bits per heavy atom. The number of allylic oxidation sites excluding steroid dienone is 1. The molecule has 39 heavy (non-hydrogen) atoms.